The molecule has 1 aliphatic heterocycles. The Morgan fingerprint density at radius 3 is 2.41 bits per heavy atom. The molecule has 0 aliphatic carbocycles. The predicted molar refractivity (Wildman–Crippen MR) is 84.5 cm³/mol. The van der Waals surface area contributed by atoms with Crippen molar-refractivity contribution < 1.29 is 14.3 Å². The van der Waals surface area contributed by atoms with Gasteiger partial charge in [-0.25, -0.2) is 4.79 Å². The van der Waals surface area contributed by atoms with Gasteiger partial charge in [0.05, 0.1) is 13.2 Å². The topological polar surface area (TPSA) is 87.9 Å². The number of ether oxygens (including phenoxy) is 1. The molecule has 7 nitrogen and oxygen atoms in total. The molecule has 3 N–H and O–H groups in total. The molecule has 0 saturated carbocycles. The van der Waals surface area contributed by atoms with Crippen LogP contribution in [0.5, 0.6) is 0 Å². The number of nitrogens with zero attached hydrogens (tertiary/aromatic N) is 2. The van der Waals surface area contributed by atoms with Gasteiger partial charge in [0.25, 0.3) is 0 Å². The summed E-state index contributed by atoms with van der Waals surface area (Å²) < 4.78 is 4.97. The highest BCUT2D eigenvalue weighted by Crippen LogP contribution is 2.11. The average molecular weight is 306 g/mol. The highest BCUT2D eigenvalue weighted by molar-refractivity contribution is 5.92. The summed E-state index contributed by atoms with van der Waals surface area (Å²) in [6, 6.07) is 7.03. The van der Waals surface area contributed by atoms with Crippen molar-refractivity contribution in [2.24, 2.45) is 0 Å². The van der Waals surface area contributed by atoms with Gasteiger partial charge < -0.3 is 20.7 Å². The fourth-order valence-corrected chi connectivity index (χ4v) is 2.27. The molecular formula is C15H22N4O3. The summed E-state index contributed by atoms with van der Waals surface area (Å²) in [4.78, 5) is 27.3. The van der Waals surface area contributed by atoms with Crippen LogP contribution in [0, 0.1) is 0 Å². The highest BCUT2D eigenvalue weighted by Gasteiger charge is 2.22. The van der Waals surface area contributed by atoms with Gasteiger partial charge in [-0.1, -0.05) is 0 Å². The lowest BCUT2D eigenvalue weighted by Crippen LogP contribution is -2.50. The second-order valence-corrected chi connectivity index (χ2v) is 5.13. The van der Waals surface area contributed by atoms with Crippen LogP contribution in [0.4, 0.5) is 16.2 Å². The lowest BCUT2D eigenvalue weighted by Gasteiger charge is -2.33. The van der Waals surface area contributed by atoms with Crippen molar-refractivity contribution in [3.8, 4) is 0 Å². The van der Waals surface area contributed by atoms with Crippen LogP contribution in [0.15, 0.2) is 24.3 Å². The highest BCUT2D eigenvalue weighted by atomic mass is 16.6. The minimum Gasteiger partial charge on any atom is -0.450 e. The number of anilines is 2. The van der Waals surface area contributed by atoms with E-state index in [1.54, 1.807) is 36.1 Å². The normalized spacial score (nSPS) is 15.4. The second-order valence-electron chi connectivity index (χ2n) is 5.13. The summed E-state index contributed by atoms with van der Waals surface area (Å²) in [5.41, 5.74) is 6.99. The van der Waals surface area contributed by atoms with Crippen LogP contribution in [0.1, 0.15) is 6.92 Å². The van der Waals surface area contributed by atoms with Crippen LogP contribution in [0.25, 0.3) is 0 Å². The van der Waals surface area contributed by atoms with Crippen molar-refractivity contribution in [3.05, 3.63) is 24.3 Å². The van der Waals surface area contributed by atoms with Crippen LogP contribution in [0.3, 0.4) is 0 Å². The summed E-state index contributed by atoms with van der Waals surface area (Å²) in [5, 5.41) is 2.83. The molecule has 0 atom stereocenters. The van der Waals surface area contributed by atoms with Crippen molar-refractivity contribution in [2.45, 2.75) is 6.92 Å². The van der Waals surface area contributed by atoms with E-state index in [-0.39, 0.29) is 12.0 Å². The fraction of sp³-hybridized carbons (Fsp3) is 0.467. The third kappa shape index (κ3) is 4.63. The number of hydrogen-bond acceptors (Lipinski definition) is 5. The van der Waals surface area contributed by atoms with E-state index in [0.29, 0.717) is 45.0 Å². The molecular weight excluding hydrogens is 284 g/mol. The smallest absolute Gasteiger partial charge is 0.409 e. The van der Waals surface area contributed by atoms with E-state index in [4.69, 9.17) is 10.5 Å². The van der Waals surface area contributed by atoms with Gasteiger partial charge in [-0.15, -0.1) is 0 Å². The third-order valence-corrected chi connectivity index (χ3v) is 3.46. The largest absolute Gasteiger partial charge is 0.450 e. The zero-order valence-electron chi connectivity index (χ0n) is 12.7. The standard InChI is InChI=1S/C15H22N4O3/c1-2-22-15(21)19-9-7-18(8-10-19)11-14(20)17-13-5-3-12(16)4-6-13/h3-6H,2,7-11,16H2,1H3,(H,17,20). The van der Waals surface area contributed by atoms with Gasteiger partial charge in [-0.05, 0) is 31.2 Å². The first-order chi connectivity index (χ1) is 10.6. The zero-order valence-corrected chi connectivity index (χ0v) is 12.7. The number of nitrogens with one attached hydrogen (secondary N) is 1. The molecule has 2 rings (SSSR count). The summed E-state index contributed by atoms with van der Waals surface area (Å²) in [6.07, 6.45) is -0.284. The second kappa shape index (κ2) is 7.65. The Morgan fingerprint density at radius 2 is 1.82 bits per heavy atom. The molecule has 7 heteroatoms. The number of hydrogen-bond donors (Lipinski definition) is 2. The molecule has 0 aromatic heterocycles. The average Bonchev–Trinajstić information content (AvgIpc) is 2.50. The molecule has 1 aromatic rings. The molecule has 0 spiro atoms. The number of benzene rings is 1. The number of piperazine rings is 1. The summed E-state index contributed by atoms with van der Waals surface area (Å²) in [7, 11) is 0. The van der Waals surface area contributed by atoms with Crippen molar-refractivity contribution in [2.75, 3.05) is 50.4 Å². The van der Waals surface area contributed by atoms with Crippen LogP contribution in [-0.2, 0) is 9.53 Å². The zero-order chi connectivity index (χ0) is 15.9. The molecule has 1 fully saturated rings. The van der Waals surface area contributed by atoms with Gasteiger partial charge in [0.15, 0.2) is 0 Å². The lowest BCUT2D eigenvalue weighted by molar-refractivity contribution is -0.117. The first-order valence-corrected chi connectivity index (χ1v) is 7.38. The molecule has 0 radical (unpaired) electrons. The minimum atomic E-state index is -0.284. The van der Waals surface area contributed by atoms with E-state index in [1.165, 1.54) is 0 Å². The number of rotatable bonds is 4. The van der Waals surface area contributed by atoms with E-state index in [9.17, 15) is 9.59 Å². The van der Waals surface area contributed by atoms with Crippen LogP contribution in [-0.4, -0.2) is 61.1 Å². The Kier molecular flexibility index (Phi) is 5.60. The molecule has 0 bridgehead atoms. The van der Waals surface area contributed by atoms with Gasteiger partial charge in [-0.2, -0.15) is 0 Å². The van der Waals surface area contributed by atoms with E-state index >= 15 is 0 Å². The Labute approximate surface area is 130 Å². The molecule has 1 saturated heterocycles. The van der Waals surface area contributed by atoms with Crippen LogP contribution >= 0.6 is 0 Å². The van der Waals surface area contributed by atoms with Crippen LogP contribution in [0.2, 0.25) is 0 Å². The Morgan fingerprint density at radius 1 is 1.18 bits per heavy atom. The van der Waals surface area contributed by atoms with Crippen molar-refractivity contribution >= 4 is 23.4 Å². The molecule has 120 valence electrons. The Balaban J connectivity index is 1.74. The number of amides is 2. The minimum absolute atomic E-state index is 0.0747. The van der Waals surface area contributed by atoms with Gasteiger partial charge in [0, 0.05) is 37.6 Å². The first-order valence-electron chi connectivity index (χ1n) is 7.38. The Bertz CT molecular complexity index is 510. The molecule has 1 aromatic carbocycles. The fourth-order valence-electron chi connectivity index (χ4n) is 2.27. The van der Waals surface area contributed by atoms with Crippen LogP contribution < -0.4 is 11.1 Å². The maximum Gasteiger partial charge on any atom is 0.409 e. The van der Waals surface area contributed by atoms with Gasteiger partial charge >= 0.3 is 6.09 Å². The maximum atomic E-state index is 12.0. The van der Waals surface area contributed by atoms with E-state index in [2.05, 4.69) is 5.32 Å². The number of nitrogen functional groups attached to an aromatic ring is 1. The van der Waals surface area contributed by atoms with Crippen molar-refractivity contribution in [1.82, 2.24) is 9.80 Å². The van der Waals surface area contributed by atoms with Gasteiger partial charge in [-0.3, -0.25) is 9.69 Å². The van der Waals surface area contributed by atoms with E-state index < -0.39 is 0 Å². The van der Waals surface area contributed by atoms with E-state index in [0.717, 1.165) is 5.69 Å². The van der Waals surface area contributed by atoms with Crippen molar-refractivity contribution in [3.63, 3.8) is 0 Å². The molecule has 2 amide bonds. The first kappa shape index (κ1) is 16.1. The third-order valence-electron chi connectivity index (χ3n) is 3.46. The summed E-state index contributed by atoms with van der Waals surface area (Å²) in [6.45, 7) is 4.95. The summed E-state index contributed by atoms with van der Waals surface area (Å²) in [5.74, 6) is -0.0747. The number of carbonyl (C=O) groups is 2. The molecule has 1 aliphatic rings. The van der Waals surface area contributed by atoms with E-state index in [1.807, 2.05) is 4.90 Å². The number of nitrogens with two attached hydrogens (primary N) is 1. The summed E-state index contributed by atoms with van der Waals surface area (Å²) >= 11 is 0. The molecule has 22 heavy (non-hydrogen) atoms. The predicted octanol–water partition coefficient (Wildman–Crippen LogP) is 0.981. The quantitative estimate of drug-likeness (QED) is 0.810. The van der Waals surface area contributed by atoms with Crippen molar-refractivity contribution in [1.29, 1.82) is 0 Å². The SMILES string of the molecule is CCOC(=O)N1CCN(CC(=O)Nc2ccc(N)cc2)CC1. The molecule has 1 heterocycles. The van der Waals surface area contributed by atoms with Gasteiger partial charge in [0.2, 0.25) is 5.91 Å². The Hall–Kier alpha value is -2.28. The molecule has 0 unspecified atom stereocenters. The monoisotopic (exact) mass is 306 g/mol. The maximum absolute atomic E-state index is 12.0. The van der Waals surface area contributed by atoms with Gasteiger partial charge in [0.1, 0.15) is 0 Å². The number of carbonyl (C=O) groups excluding carboxylic acids is 2. The lowest BCUT2D eigenvalue weighted by atomic mass is 10.3.